The van der Waals surface area contributed by atoms with Gasteiger partial charge in [-0.2, -0.15) is 0 Å². The van der Waals surface area contributed by atoms with Crippen molar-refractivity contribution in [3.05, 3.63) is 99.7 Å². The number of phenolic OH excluding ortho intramolecular Hbond substituents is 1. The number of fused-ring (bicyclic) bond motifs is 1. The summed E-state index contributed by atoms with van der Waals surface area (Å²) in [5.41, 5.74) is 3.18. The maximum Gasteiger partial charge on any atom is 0.396 e. The Kier molecular flexibility index (Phi) is 27.1. The van der Waals surface area contributed by atoms with Crippen molar-refractivity contribution in [2.45, 2.75) is 103 Å². The third-order valence-electron chi connectivity index (χ3n) is 8.94. The molecule has 12 heteroatoms. The normalized spacial score (nSPS) is 11.4. The number of carbonyl (C=O) groups is 1. The molecule has 0 aliphatic heterocycles. The van der Waals surface area contributed by atoms with Crippen LogP contribution in [0.2, 0.25) is 0 Å². The molecule has 0 aliphatic carbocycles. The Morgan fingerprint density at radius 2 is 1.30 bits per heavy atom. The average Bonchev–Trinajstić information content (AvgIpc) is 3.53. The maximum absolute atomic E-state index is 10.9. The molecule has 4 rings (SSSR count). The molecule has 4 aromatic rings. The summed E-state index contributed by atoms with van der Waals surface area (Å²) in [6, 6.07) is 26.2. The van der Waals surface area contributed by atoms with Gasteiger partial charge in [0.2, 0.25) is 5.91 Å². The van der Waals surface area contributed by atoms with E-state index in [2.05, 4.69) is 72.9 Å². The number of quaternary nitrogens is 1. The first kappa shape index (κ1) is 48.7. The minimum Gasteiger partial charge on any atom is -1.00 e. The van der Waals surface area contributed by atoms with Crippen molar-refractivity contribution in [2.75, 3.05) is 39.5 Å². The highest BCUT2D eigenvalue weighted by molar-refractivity contribution is 7.16. The Morgan fingerprint density at radius 3 is 1.81 bits per heavy atom. The predicted molar refractivity (Wildman–Crippen MR) is 214 cm³/mol. The SMILES string of the molecule is CCCCCCCCCCCC[N+](CCO)(Cc1ccccc1)Cc1ccccc1.O=C(NCCCO)[C@H](O)CCO.O=c1oc2cc(O)ccc2s1.[Cl-]. The van der Waals surface area contributed by atoms with Crippen molar-refractivity contribution in [2.24, 2.45) is 0 Å². The van der Waals surface area contributed by atoms with Crippen LogP contribution in [0.4, 0.5) is 0 Å². The fourth-order valence-corrected chi connectivity index (χ4v) is 6.74. The van der Waals surface area contributed by atoms with Gasteiger partial charge in [0.05, 0.1) is 17.9 Å². The number of aromatic hydroxyl groups is 1. The van der Waals surface area contributed by atoms with Crippen LogP contribution >= 0.6 is 11.3 Å². The highest BCUT2D eigenvalue weighted by Crippen LogP contribution is 2.23. The van der Waals surface area contributed by atoms with Crippen LogP contribution < -0.4 is 22.7 Å². The molecule has 1 amide bonds. The minimum absolute atomic E-state index is 0. The van der Waals surface area contributed by atoms with E-state index >= 15 is 0 Å². The van der Waals surface area contributed by atoms with Crippen molar-refractivity contribution < 1.29 is 51.6 Å². The number of nitrogens with one attached hydrogen (secondary N) is 1. The average molecular weight is 791 g/mol. The molecular formula is C42H63ClN2O8S. The van der Waals surface area contributed by atoms with Crippen molar-refractivity contribution in [1.82, 2.24) is 5.32 Å². The highest BCUT2D eigenvalue weighted by atomic mass is 35.5. The first-order valence-corrected chi connectivity index (χ1v) is 20.0. The number of carbonyl (C=O) groups excluding carboxylic acids is 1. The van der Waals surface area contributed by atoms with E-state index in [0.717, 1.165) is 46.7 Å². The first-order chi connectivity index (χ1) is 25.8. The van der Waals surface area contributed by atoms with Gasteiger partial charge < -0.3 is 52.2 Å². The molecule has 0 unspecified atom stereocenters. The molecule has 0 saturated carbocycles. The summed E-state index contributed by atoms with van der Waals surface area (Å²) in [5.74, 6) is -0.392. The molecule has 10 nitrogen and oxygen atoms in total. The summed E-state index contributed by atoms with van der Waals surface area (Å²) in [6.07, 6.45) is 13.0. The zero-order valence-corrected chi connectivity index (χ0v) is 33.5. The Morgan fingerprint density at radius 1 is 0.741 bits per heavy atom. The van der Waals surface area contributed by atoms with Crippen molar-refractivity contribution >= 4 is 27.5 Å². The fourth-order valence-electron chi connectivity index (χ4n) is 6.10. The molecule has 0 spiro atoms. The summed E-state index contributed by atoms with van der Waals surface area (Å²) in [7, 11) is 0. The topological polar surface area (TPSA) is 160 Å². The third-order valence-corrected chi connectivity index (χ3v) is 9.74. The van der Waals surface area contributed by atoms with Crippen LogP contribution in [0.25, 0.3) is 10.3 Å². The van der Waals surface area contributed by atoms with Gasteiger partial charge in [-0.25, -0.2) is 4.79 Å². The molecule has 0 fully saturated rings. The van der Waals surface area contributed by atoms with Gasteiger partial charge in [-0.3, -0.25) is 4.79 Å². The summed E-state index contributed by atoms with van der Waals surface area (Å²) >= 11 is 1.03. The fraction of sp³-hybridized carbons (Fsp3) is 0.524. The van der Waals surface area contributed by atoms with E-state index in [1.54, 1.807) is 6.07 Å². The largest absolute Gasteiger partial charge is 1.00 e. The zero-order valence-electron chi connectivity index (χ0n) is 31.9. The molecule has 3 aromatic carbocycles. The lowest BCUT2D eigenvalue weighted by Gasteiger charge is -2.39. The molecule has 0 saturated heterocycles. The van der Waals surface area contributed by atoms with Gasteiger partial charge in [-0.1, -0.05) is 130 Å². The summed E-state index contributed by atoms with van der Waals surface area (Å²) in [6.45, 7) is 6.62. The number of rotatable bonds is 23. The number of phenols is 1. The standard InChI is InChI=1S/C28H44NO.C7H15NO4.C7H4O3S.ClH/c1-2-3-4-5-6-7-8-9-10-17-22-29(23-24-30,25-27-18-13-11-14-19-27)26-28-20-15-12-16-21-28;9-4-1-3-8-7(12)6(11)2-5-10;8-4-1-2-6-5(3-4)10-7(9)11-6;/h11-16,18-21,30H,2-10,17,22-26H2,1H3;6,9-11H,1-5H2,(H,8,12);1-3,8H;1H/q+1;;;/p-1/t;6-;;/m.1../s1. The van der Waals surface area contributed by atoms with Crippen LogP contribution in [-0.2, 0) is 17.9 Å². The van der Waals surface area contributed by atoms with Gasteiger partial charge in [0.1, 0.15) is 31.5 Å². The quantitative estimate of drug-likeness (QED) is 0.0488. The van der Waals surface area contributed by atoms with E-state index in [1.165, 1.54) is 87.5 Å². The van der Waals surface area contributed by atoms with E-state index < -0.39 is 12.0 Å². The zero-order chi connectivity index (χ0) is 38.6. The van der Waals surface area contributed by atoms with Gasteiger partial charge in [-0.15, -0.1) is 0 Å². The smallest absolute Gasteiger partial charge is 0.396 e. The number of benzene rings is 3. The molecule has 6 N–H and O–H groups in total. The molecule has 1 atom stereocenters. The van der Waals surface area contributed by atoms with E-state index in [9.17, 15) is 14.7 Å². The number of amides is 1. The first-order valence-electron chi connectivity index (χ1n) is 19.2. The van der Waals surface area contributed by atoms with Crippen molar-refractivity contribution in [3.63, 3.8) is 0 Å². The van der Waals surface area contributed by atoms with Crippen LogP contribution in [-0.4, -0.2) is 81.5 Å². The summed E-state index contributed by atoms with van der Waals surface area (Å²) < 4.78 is 6.45. The molecule has 0 aliphatic rings. The molecule has 0 radical (unpaired) electrons. The second-order valence-corrected chi connectivity index (χ2v) is 14.4. The second-order valence-electron chi connectivity index (χ2n) is 13.5. The maximum atomic E-state index is 10.9. The lowest BCUT2D eigenvalue weighted by molar-refractivity contribution is -0.954. The van der Waals surface area contributed by atoms with Gasteiger partial charge in [0.25, 0.3) is 0 Å². The van der Waals surface area contributed by atoms with E-state index in [-0.39, 0.29) is 49.3 Å². The molecule has 1 aromatic heterocycles. The summed E-state index contributed by atoms with van der Waals surface area (Å²) in [5, 5.41) is 47.0. The number of aliphatic hydroxyl groups excluding tert-OH is 4. The number of nitrogens with zero attached hydrogens (tertiary/aromatic N) is 1. The number of halogens is 1. The Labute approximate surface area is 331 Å². The number of unbranched alkanes of at least 4 members (excludes halogenated alkanes) is 9. The van der Waals surface area contributed by atoms with Crippen LogP contribution in [0.15, 0.2) is 88.1 Å². The second kappa shape index (κ2) is 30.0. The lowest BCUT2D eigenvalue weighted by atomic mass is 10.0. The molecule has 54 heavy (non-hydrogen) atoms. The predicted octanol–water partition coefficient (Wildman–Crippen LogP) is 3.91. The molecule has 0 bridgehead atoms. The molecule has 1 heterocycles. The van der Waals surface area contributed by atoms with Crippen molar-refractivity contribution in [3.8, 4) is 5.75 Å². The van der Waals surface area contributed by atoms with Crippen LogP contribution in [0.3, 0.4) is 0 Å². The highest BCUT2D eigenvalue weighted by Gasteiger charge is 2.27. The molecular weight excluding hydrogens is 728 g/mol. The van der Waals surface area contributed by atoms with E-state index in [0.29, 0.717) is 18.5 Å². The van der Waals surface area contributed by atoms with Gasteiger partial charge in [-0.05, 0) is 31.4 Å². The minimum atomic E-state index is -1.14. The Balaban J connectivity index is 0.000000495. The van der Waals surface area contributed by atoms with Crippen molar-refractivity contribution in [1.29, 1.82) is 0 Å². The third kappa shape index (κ3) is 21.0. The number of hydrogen-bond acceptors (Lipinski definition) is 9. The van der Waals surface area contributed by atoms with E-state index in [4.69, 9.17) is 24.8 Å². The number of aliphatic hydroxyl groups is 4. The Bertz CT molecular complexity index is 1510. The summed E-state index contributed by atoms with van der Waals surface area (Å²) in [4.78, 5) is 21.2. The van der Waals surface area contributed by atoms with E-state index in [1.807, 2.05) is 0 Å². The molecule has 302 valence electrons. The number of hydrogen-bond donors (Lipinski definition) is 6. The van der Waals surface area contributed by atoms with Gasteiger partial charge >= 0.3 is 4.94 Å². The van der Waals surface area contributed by atoms with Crippen LogP contribution in [0.5, 0.6) is 5.75 Å². The van der Waals surface area contributed by atoms with Crippen LogP contribution in [0, 0.1) is 0 Å². The Hall–Kier alpha value is -3.29. The van der Waals surface area contributed by atoms with Gasteiger partial charge in [0, 0.05) is 43.4 Å². The monoisotopic (exact) mass is 790 g/mol. The lowest BCUT2D eigenvalue weighted by Crippen LogP contribution is -3.00. The van der Waals surface area contributed by atoms with Gasteiger partial charge in [0.15, 0.2) is 5.58 Å². The van der Waals surface area contributed by atoms with Crippen LogP contribution in [0.1, 0.15) is 95.1 Å².